The topological polar surface area (TPSA) is 21.8 Å². The Kier molecular flexibility index (Phi) is 4.70. The maximum absolute atomic E-state index is 13.7. The van der Waals surface area contributed by atoms with Crippen LogP contribution < -0.4 is 0 Å². The first kappa shape index (κ1) is 19.7. The number of ether oxygens (including phenoxy) is 2. The maximum atomic E-state index is 13.7. The fraction of sp³-hybridized carbons (Fsp3) is 0.500. The summed E-state index contributed by atoms with van der Waals surface area (Å²) in [6.07, 6.45) is -14.5. The molecule has 13 heteroatoms. The molecule has 0 amide bonds. The van der Waals surface area contributed by atoms with Gasteiger partial charge in [-0.1, -0.05) is 0 Å². The van der Waals surface area contributed by atoms with E-state index >= 15 is 0 Å². The van der Waals surface area contributed by atoms with Crippen LogP contribution in [0.1, 0.15) is 5.56 Å². The highest BCUT2D eigenvalue weighted by Crippen LogP contribution is 2.55. The smallest absolute Gasteiger partial charge is 0.371 e. The predicted molar refractivity (Wildman–Crippen MR) is 55.7 cm³/mol. The molecule has 1 heterocycles. The fourth-order valence-electron chi connectivity index (χ4n) is 1.98. The molecule has 142 valence electrons. The molecule has 1 aromatic carbocycles. The molecule has 1 aliphatic rings. The lowest BCUT2D eigenvalue weighted by molar-refractivity contribution is -0.391. The highest BCUT2D eigenvalue weighted by molar-refractivity contribution is 5.33. The summed E-state index contributed by atoms with van der Waals surface area (Å²) in [5.41, 5.74) is -8.97. The highest BCUT2D eigenvalue weighted by Gasteiger charge is 2.76. The highest BCUT2D eigenvalue weighted by atomic mass is 19.4. The molecule has 1 aromatic rings. The van der Waals surface area contributed by atoms with Gasteiger partial charge in [0.15, 0.2) is 23.3 Å². The van der Waals surface area contributed by atoms with Crippen LogP contribution in [0.4, 0.5) is 48.3 Å². The first-order valence-electron chi connectivity index (χ1n) is 6.16. The zero-order chi connectivity index (χ0) is 19.4. The summed E-state index contributed by atoms with van der Waals surface area (Å²) in [5.74, 6) is -15.5. The molecule has 0 aromatic heterocycles. The molecule has 1 aliphatic heterocycles. The Morgan fingerprint density at radius 2 is 1.12 bits per heavy atom. The molecular weight excluding hydrogens is 385 g/mol. The van der Waals surface area contributed by atoms with E-state index < -0.39 is 65.3 Å². The number of alkyl halides is 6. The maximum Gasteiger partial charge on any atom is 0.431 e. The third kappa shape index (κ3) is 3.03. The van der Waals surface area contributed by atoms with Crippen LogP contribution in [0.25, 0.3) is 0 Å². The van der Waals surface area contributed by atoms with Crippen molar-refractivity contribution >= 4 is 0 Å². The van der Waals surface area contributed by atoms with Crippen molar-refractivity contribution in [1.29, 1.82) is 0 Å². The lowest BCUT2D eigenvalue weighted by atomic mass is 9.90. The summed E-state index contributed by atoms with van der Waals surface area (Å²) >= 11 is 0. The standard InChI is InChI=1S/C12H5F11O2/c13-5-4(6(14)8(16)9(17)7(5)15)10(11(18,19)20,12(21,22)23)25-2-3-1-24-3/h3H,1-2H2. The van der Waals surface area contributed by atoms with Gasteiger partial charge in [-0.25, -0.2) is 22.0 Å². The van der Waals surface area contributed by atoms with Gasteiger partial charge in [-0.05, 0) is 0 Å². The van der Waals surface area contributed by atoms with E-state index in [2.05, 4.69) is 9.47 Å². The van der Waals surface area contributed by atoms with Gasteiger partial charge in [0.05, 0.1) is 18.8 Å². The monoisotopic (exact) mass is 390 g/mol. The average molecular weight is 390 g/mol. The lowest BCUT2D eigenvalue weighted by Gasteiger charge is -2.37. The van der Waals surface area contributed by atoms with Gasteiger partial charge in [-0.15, -0.1) is 0 Å². The van der Waals surface area contributed by atoms with Crippen molar-refractivity contribution in [2.45, 2.75) is 24.1 Å². The minimum absolute atomic E-state index is 0.303. The summed E-state index contributed by atoms with van der Waals surface area (Å²) < 4.78 is 154. The number of hydrogen-bond donors (Lipinski definition) is 0. The van der Waals surface area contributed by atoms with Gasteiger partial charge in [0.2, 0.25) is 5.82 Å². The van der Waals surface area contributed by atoms with Crippen LogP contribution in [0.15, 0.2) is 0 Å². The summed E-state index contributed by atoms with van der Waals surface area (Å²) in [4.78, 5) is 0. The summed E-state index contributed by atoms with van der Waals surface area (Å²) in [6, 6.07) is 0. The van der Waals surface area contributed by atoms with Crippen molar-refractivity contribution < 1.29 is 57.8 Å². The zero-order valence-electron chi connectivity index (χ0n) is 11.5. The molecule has 1 atom stereocenters. The van der Waals surface area contributed by atoms with Gasteiger partial charge in [-0.2, -0.15) is 26.3 Å². The first-order valence-corrected chi connectivity index (χ1v) is 6.16. The van der Waals surface area contributed by atoms with E-state index in [1.54, 1.807) is 0 Å². The Morgan fingerprint density at radius 1 is 0.760 bits per heavy atom. The van der Waals surface area contributed by atoms with Crippen LogP contribution in [0, 0.1) is 29.1 Å². The van der Waals surface area contributed by atoms with Crippen LogP contribution in [0.2, 0.25) is 0 Å². The average Bonchev–Trinajstić information content (AvgIpc) is 3.28. The second-order valence-corrected chi connectivity index (χ2v) is 4.89. The van der Waals surface area contributed by atoms with Crippen LogP contribution in [0.5, 0.6) is 0 Å². The molecule has 0 radical (unpaired) electrons. The second-order valence-electron chi connectivity index (χ2n) is 4.89. The normalized spacial score (nSPS) is 18.6. The van der Waals surface area contributed by atoms with Crippen molar-refractivity contribution in [2.24, 2.45) is 0 Å². The van der Waals surface area contributed by atoms with Gasteiger partial charge in [0, 0.05) is 0 Å². The Morgan fingerprint density at radius 3 is 1.44 bits per heavy atom. The number of hydrogen-bond acceptors (Lipinski definition) is 2. The van der Waals surface area contributed by atoms with Gasteiger partial charge >= 0.3 is 12.4 Å². The Hall–Kier alpha value is -1.63. The van der Waals surface area contributed by atoms with E-state index in [9.17, 15) is 48.3 Å². The molecular formula is C12H5F11O2. The Bertz CT molecular complexity index is 632. The van der Waals surface area contributed by atoms with Gasteiger partial charge in [0.1, 0.15) is 6.10 Å². The molecule has 0 bridgehead atoms. The Labute approximate surface area is 131 Å². The minimum atomic E-state index is -6.61. The summed E-state index contributed by atoms with van der Waals surface area (Å²) in [5, 5.41) is 0. The van der Waals surface area contributed by atoms with Gasteiger partial charge < -0.3 is 9.47 Å². The first-order chi connectivity index (χ1) is 11.3. The van der Waals surface area contributed by atoms with E-state index in [1.165, 1.54) is 0 Å². The van der Waals surface area contributed by atoms with Crippen molar-refractivity contribution in [1.82, 2.24) is 0 Å². The lowest BCUT2D eigenvalue weighted by Crippen LogP contribution is -2.57. The third-order valence-corrected chi connectivity index (χ3v) is 3.25. The molecule has 0 aliphatic carbocycles. The van der Waals surface area contributed by atoms with E-state index in [-0.39, 0.29) is 6.61 Å². The second kappa shape index (κ2) is 5.97. The molecule has 0 saturated carbocycles. The number of benzene rings is 1. The zero-order valence-corrected chi connectivity index (χ0v) is 11.5. The van der Waals surface area contributed by atoms with Crippen molar-refractivity contribution in [2.75, 3.05) is 13.2 Å². The quantitative estimate of drug-likeness (QED) is 0.334. The molecule has 1 fully saturated rings. The number of halogens is 11. The molecule has 0 N–H and O–H groups in total. The molecule has 2 nitrogen and oxygen atoms in total. The van der Waals surface area contributed by atoms with Crippen LogP contribution in [-0.4, -0.2) is 31.7 Å². The summed E-state index contributed by atoms with van der Waals surface area (Å²) in [6.45, 7) is -1.75. The van der Waals surface area contributed by atoms with E-state index in [1.807, 2.05) is 0 Å². The van der Waals surface area contributed by atoms with Crippen molar-refractivity contribution in [3.63, 3.8) is 0 Å². The van der Waals surface area contributed by atoms with Crippen LogP contribution in [-0.2, 0) is 15.1 Å². The van der Waals surface area contributed by atoms with Gasteiger partial charge in [0.25, 0.3) is 5.60 Å². The number of epoxide rings is 1. The SMILES string of the molecule is Fc1c(F)c(F)c(C(OCC2CO2)(C(F)(F)F)C(F)(F)F)c(F)c1F. The molecule has 1 saturated heterocycles. The van der Waals surface area contributed by atoms with Crippen molar-refractivity contribution in [3.05, 3.63) is 34.6 Å². The molecule has 25 heavy (non-hydrogen) atoms. The Balaban J connectivity index is 2.84. The van der Waals surface area contributed by atoms with Gasteiger partial charge in [-0.3, -0.25) is 0 Å². The fourth-order valence-corrected chi connectivity index (χ4v) is 1.98. The van der Waals surface area contributed by atoms with Crippen LogP contribution >= 0.6 is 0 Å². The largest absolute Gasteiger partial charge is 0.431 e. The summed E-state index contributed by atoms with van der Waals surface area (Å²) in [7, 11) is 0. The molecule has 2 rings (SSSR count). The van der Waals surface area contributed by atoms with Crippen molar-refractivity contribution in [3.8, 4) is 0 Å². The van der Waals surface area contributed by atoms with E-state index in [0.29, 0.717) is 0 Å². The molecule has 0 spiro atoms. The van der Waals surface area contributed by atoms with E-state index in [0.717, 1.165) is 0 Å². The number of rotatable bonds is 4. The van der Waals surface area contributed by atoms with Crippen LogP contribution in [0.3, 0.4) is 0 Å². The predicted octanol–water partition coefficient (Wildman–Crippen LogP) is 4.12. The minimum Gasteiger partial charge on any atom is -0.371 e. The third-order valence-electron chi connectivity index (χ3n) is 3.25. The van der Waals surface area contributed by atoms with E-state index in [4.69, 9.17) is 0 Å². The molecule has 1 unspecified atom stereocenters.